The van der Waals surface area contributed by atoms with E-state index in [4.69, 9.17) is 0 Å². The zero-order valence-corrected chi connectivity index (χ0v) is 17.4. The molecule has 1 atom stereocenters. The number of carbonyl (C=O) groups is 3. The molecule has 0 radical (unpaired) electrons. The molecule has 0 aliphatic carbocycles. The summed E-state index contributed by atoms with van der Waals surface area (Å²) in [4.78, 5) is 36.1. The number of rotatable bonds is 6. The lowest BCUT2D eigenvalue weighted by Gasteiger charge is -2.39. The van der Waals surface area contributed by atoms with Gasteiger partial charge in [-0.2, -0.15) is 26.3 Å². The minimum Gasteiger partial charge on any atom is -0.426 e. The molecule has 2 aromatic rings. The Morgan fingerprint density at radius 1 is 0.971 bits per heavy atom. The van der Waals surface area contributed by atoms with Crippen LogP contribution in [0.1, 0.15) is 21.5 Å². The molecule has 3 amide bonds. The summed E-state index contributed by atoms with van der Waals surface area (Å²) >= 11 is 0. The molecule has 1 aliphatic heterocycles. The number of anilines is 1. The van der Waals surface area contributed by atoms with E-state index < -0.39 is 66.8 Å². The summed E-state index contributed by atoms with van der Waals surface area (Å²) in [5.41, 5.74) is -4.68. The van der Waals surface area contributed by atoms with Gasteiger partial charge in [0.25, 0.3) is 11.5 Å². The van der Waals surface area contributed by atoms with Gasteiger partial charge in [0, 0.05) is 11.1 Å². The number of hydrogen-bond donors (Lipinski definition) is 3. The van der Waals surface area contributed by atoms with Crippen molar-refractivity contribution in [2.24, 2.45) is 0 Å². The van der Waals surface area contributed by atoms with Crippen molar-refractivity contribution in [3.8, 4) is 0 Å². The van der Waals surface area contributed by atoms with Crippen LogP contribution in [-0.4, -0.2) is 43.3 Å². The zero-order chi connectivity index (χ0) is 26.0. The first-order chi connectivity index (χ1) is 16.2. The maximum atomic E-state index is 14.3. The lowest BCUT2D eigenvalue weighted by atomic mass is 9.87. The van der Waals surface area contributed by atoms with Crippen molar-refractivity contribution in [3.63, 3.8) is 0 Å². The molecule has 2 aromatic carbocycles. The second kappa shape index (κ2) is 9.43. The smallest absolute Gasteiger partial charge is 0.426 e. The van der Waals surface area contributed by atoms with Gasteiger partial charge in [-0.25, -0.2) is 9.18 Å². The summed E-state index contributed by atoms with van der Waals surface area (Å²) < 4.78 is 97.4. The summed E-state index contributed by atoms with van der Waals surface area (Å²) in [5.74, 6) is -2.81. The van der Waals surface area contributed by atoms with Gasteiger partial charge in [-0.3, -0.25) is 14.9 Å². The summed E-state index contributed by atoms with van der Waals surface area (Å²) in [6.07, 6.45) is -12.1. The highest BCUT2D eigenvalue weighted by molar-refractivity contribution is 5.94. The van der Waals surface area contributed by atoms with Crippen LogP contribution in [0.4, 0.5) is 41.2 Å². The number of nitrogens with one attached hydrogen (secondary N) is 3. The third-order valence-corrected chi connectivity index (χ3v) is 4.94. The van der Waals surface area contributed by atoms with Crippen LogP contribution in [0.5, 0.6) is 0 Å². The topological polar surface area (TPSA) is 96.5 Å². The predicted molar refractivity (Wildman–Crippen MR) is 106 cm³/mol. The molecule has 1 aliphatic rings. The lowest BCUT2D eigenvalue weighted by molar-refractivity contribution is -0.261. The average Bonchev–Trinajstić information content (AvgIpc) is 2.75. The van der Waals surface area contributed by atoms with Crippen LogP contribution in [0.25, 0.3) is 0 Å². The van der Waals surface area contributed by atoms with Crippen LogP contribution >= 0.6 is 0 Å². The maximum Gasteiger partial charge on any atom is 0.434 e. The van der Waals surface area contributed by atoms with E-state index in [1.807, 2.05) is 5.32 Å². The third-order valence-electron chi connectivity index (χ3n) is 4.94. The van der Waals surface area contributed by atoms with Crippen molar-refractivity contribution in [1.82, 2.24) is 10.6 Å². The first kappa shape index (κ1) is 25.8. The largest absolute Gasteiger partial charge is 0.434 e. The monoisotopic (exact) mass is 507 g/mol. The highest BCUT2D eigenvalue weighted by Crippen LogP contribution is 2.47. The first-order valence-electron chi connectivity index (χ1n) is 9.77. The van der Waals surface area contributed by atoms with Crippen molar-refractivity contribution in [2.45, 2.75) is 24.4 Å². The average molecular weight is 507 g/mol. The van der Waals surface area contributed by atoms with Gasteiger partial charge in [0.05, 0.1) is 18.7 Å². The van der Waals surface area contributed by atoms with E-state index >= 15 is 0 Å². The number of amides is 3. The fraction of sp³-hybridized carbons (Fsp3) is 0.286. The Kier molecular flexibility index (Phi) is 6.94. The van der Waals surface area contributed by atoms with E-state index in [2.05, 4.69) is 10.1 Å². The number of benzene rings is 2. The second-order valence-electron chi connectivity index (χ2n) is 7.48. The number of alkyl halides is 6. The maximum absolute atomic E-state index is 14.3. The Morgan fingerprint density at radius 2 is 1.63 bits per heavy atom. The molecule has 3 rings (SSSR count). The summed E-state index contributed by atoms with van der Waals surface area (Å²) in [6.45, 7) is -2.91. The minimum absolute atomic E-state index is 0.110. The Balaban J connectivity index is 1.91. The number of fused-ring (bicyclic) bond motifs is 1. The molecule has 3 N–H and O–H groups in total. The van der Waals surface area contributed by atoms with Crippen molar-refractivity contribution in [2.75, 3.05) is 18.4 Å². The Bertz CT molecular complexity index is 1130. The fourth-order valence-electron chi connectivity index (χ4n) is 3.29. The first-order valence-corrected chi connectivity index (χ1v) is 9.77. The van der Waals surface area contributed by atoms with E-state index in [0.29, 0.717) is 0 Å². The van der Waals surface area contributed by atoms with Crippen molar-refractivity contribution >= 4 is 23.6 Å². The second-order valence-corrected chi connectivity index (χ2v) is 7.48. The van der Waals surface area contributed by atoms with Crippen molar-refractivity contribution in [3.05, 3.63) is 65.0 Å². The quantitative estimate of drug-likeness (QED) is 0.519. The summed E-state index contributed by atoms with van der Waals surface area (Å²) in [5, 5.41) is 5.68. The molecule has 1 heterocycles. The molecule has 7 nitrogen and oxygen atoms in total. The van der Waals surface area contributed by atoms with E-state index in [0.717, 1.165) is 42.5 Å². The molecule has 35 heavy (non-hydrogen) atoms. The Morgan fingerprint density at radius 3 is 2.23 bits per heavy atom. The van der Waals surface area contributed by atoms with Gasteiger partial charge in [0.2, 0.25) is 5.91 Å². The van der Waals surface area contributed by atoms with Crippen LogP contribution in [0.15, 0.2) is 42.5 Å². The van der Waals surface area contributed by atoms with Gasteiger partial charge in [0.1, 0.15) is 12.4 Å². The van der Waals surface area contributed by atoms with Gasteiger partial charge in [-0.05, 0) is 42.0 Å². The fourth-order valence-corrected chi connectivity index (χ4v) is 3.29. The number of ether oxygens (including phenoxy) is 1. The van der Waals surface area contributed by atoms with Crippen LogP contribution in [0.3, 0.4) is 0 Å². The van der Waals surface area contributed by atoms with E-state index in [1.54, 1.807) is 5.32 Å². The molecule has 0 spiro atoms. The number of hydrogen-bond acceptors (Lipinski definition) is 4. The molecule has 14 heteroatoms. The normalized spacial score (nSPS) is 17.6. The van der Waals surface area contributed by atoms with Crippen LogP contribution in [0.2, 0.25) is 0 Å². The number of halogens is 7. The van der Waals surface area contributed by atoms with E-state index in [1.165, 1.54) is 0 Å². The van der Waals surface area contributed by atoms with Crippen LogP contribution in [0, 0.1) is 5.82 Å². The van der Waals surface area contributed by atoms with Crippen molar-refractivity contribution in [1.29, 1.82) is 0 Å². The Labute approximate surface area is 192 Å². The van der Waals surface area contributed by atoms with Gasteiger partial charge >= 0.3 is 18.4 Å². The van der Waals surface area contributed by atoms with Gasteiger partial charge in [-0.1, -0.05) is 6.07 Å². The third kappa shape index (κ3) is 6.00. The van der Waals surface area contributed by atoms with E-state index in [-0.39, 0.29) is 16.8 Å². The molecule has 1 unspecified atom stereocenters. The zero-order valence-electron chi connectivity index (χ0n) is 17.4. The number of carbonyl (C=O) groups excluding carboxylic acids is 3. The number of cyclic esters (lactones) is 1. The van der Waals surface area contributed by atoms with E-state index in [9.17, 15) is 45.1 Å². The van der Waals surface area contributed by atoms with Crippen LogP contribution < -0.4 is 16.0 Å². The minimum atomic E-state index is -5.27. The molecule has 0 saturated carbocycles. The molecular formula is C21H16F7N3O4. The molecule has 188 valence electrons. The lowest BCUT2D eigenvalue weighted by Crippen LogP contribution is -2.56. The van der Waals surface area contributed by atoms with Gasteiger partial charge in [-0.15, -0.1) is 0 Å². The highest BCUT2D eigenvalue weighted by Gasteiger charge is 2.62. The Hall–Kier alpha value is -3.84. The van der Waals surface area contributed by atoms with Gasteiger partial charge < -0.3 is 15.4 Å². The highest BCUT2D eigenvalue weighted by atomic mass is 19.4. The summed E-state index contributed by atoms with van der Waals surface area (Å²) in [6, 6.07) is 6.94. The molecule has 0 aromatic heterocycles. The molecule has 0 saturated heterocycles. The summed E-state index contributed by atoms with van der Waals surface area (Å²) in [7, 11) is 0. The molecule has 0 bridgehead atoms. The SMILES string of the molecule is O=C(Cc1ccc2c(c1)C(CNC(=O)c1ccc(F)cc1)(C(F)(F)F)OC(=O)N2)NCC(F)(F)F. The molecular weight excluding hydrogens is 491 g/mol. The van der Waals surface area contributed by atoms with Crippen molar-refractivity contribution < 1.29 is 49.9 Å². The van der Waals surface area contributed by atoms with Gasteiger partial charge in [0.15, 0.2) is 0 Å². The standard InChI is InChI=1S/C21H16F7N3O4/c22-13-4-2-12(3-5-13)17(33)30-9-19(21(26,27)28)14-7-11(1-6-15(14)31-18(34)35-19)8-16(32)29-10-20(23,24)25/h1-7H,8-10H2,(H,29,32)(H,30,33)(H,31,34). The molecule has 0 fully saturated rings. The predicted octanol–water partition coefficient (Wildman–Crippen LogP) is 3.80. The van der Waals surface area contributed by atoms with Crippen LogP contribution in [-0.2, 0) is 21.6 Å².